The van der Waals surface area contributed by atoms with Gasteiger partial charge in [0.25, 0.3) is 0 Å². The number of fused-ring (bicyclic) bond motifs is 1. The Morgan fingerprint density at radius 2 is 1.55 bits per heavy atom. The van der Waals surface area contributed by atoms with Crippen LogP contribution in [0.3, 0.4) is 0 Å². The van der Waals surface area contributed by atoms with E-state index in [2.05, 4.69) is 6.92 Å². The first-order valence-corrected chi connectivity index (χ1v) is 5.38. The fourth-order valence-corrected chi connectivity index (χ4v) is 3.26. The summed E-state index contributed by atoms with van der Waals surface area (Å²) in [5.41, 5.74) is 0. The minimum Gasteiger partial charge on any atom is -0.0622 e. The normalized spacial score (nSPS) is 45.0. The van der Waals surface area contributed by atoms with Gasteiger partial charge in [0.2, 0.25) is 0 Å². The predicted octanol–water partition coefficient (Wildman–Crippen LogP) is 3.61. The van der Waals surface area contributed by atoms with Crippen LogP contribution in [0.15, 0.2) is 0 Å². The first-order valence-electron chi connectivity index (χ1n) is 5.38. The van der Waals surface area contributed by atoms with E-state index in [9.17, 15) is 0 Å². The summed E-state index contributed by atoms with van der Waals surface area (Å²) in [5.74, 6) is 3.30. The molecule has 3 atom stereocenters. The molecule has 0 saturated heterocycles. The van der Waals surface area contributed by atoms with Gasteiger partial charge in [-0.2, -0.15) is 0 Å². The van der Waals surface area contributed by atoms with Crippen molar-refractivity contribution in [1.29, 1.82) is 0 Å². The molecule has 11 heavy (non-hydrogen) atoms. The van der Waals surface area contributed by atoms with E-state index in [1.165, 1.54) is 25.7 Å². The van der Waals surface area contributed by atoms with Crippen LogP contribution in [0.5, 0.6) is 0 Å². The van der Waals surface area contributed by atoms with Crippen LogP contribution in [0.25, 0.3) is 0 Å². The van der Waals surface area contributed by atoms with Crippen LogP contribution >= 0.6 is 0 Å². The molecule has 0 spiro atoms. The van der Waals surface area contributed by atoms with Crippen LogP contribution in [0.4, 0.5) is 0 Å². The fraction of sp³-hybridized carbons (Fsp3) is 1.00. The first-order chi connectivity index (χ1) is 5.38. The zero-order valence-corrected chi connectivity index (χ0v) is 7.68. The average Bonchev–Trinajstić information content (AvgIpc) is 2.06. The zero-order chi connectivity index (χ0) is 7.68. The number of hydrogen-bond acceptors (Lipinski definition) is 0. The topological polar surface area (TPSA) is 0 Å². The maximum atomic E-state index is 2.47. The summed E-state index contributed by atoms with van der Waals surface area (Å²) in [5, 5.41) is 0. The second-order valence-electron chi connectivity index (χ2n) is 4.62. The van der Waals surface area contributed by atoms with Gasteiger partial charge in [-0.1, -0.05) is 45.4 Å². The Bertz CT molecular complexity index is 126. The van der Waals surface area contributed by atoms with Crippen molar-refractivity contribution >= 4 is 0 Å². The molecule has 0 aromatic carbocycles. The predicted molar refractivity (Wildman–Crippen MR) is 48.5 cm³/mol. The highest BCUT2D eigenvalue weighted by molar-refractivity contribution is 4.82. The molecule has 2 fully saturated rings. The van der Waals surface area contributed by atoms with Gasteiger partial charge < -0.3 is 0 Å². The van der Waals surface area contributed by atoms with E-state index in [0.29, 0.717) is 0 Å². The van der Waals surface area contributed by atoms with E-state index in [-0.39, 0.29) is 0 Å². The summed E-state index contributed by atoms with van der Waals surface area (Å²) < 4.78 is 0. The molecule has 2 aliphatic rings. The second kappa shape index (κ2) is 3.16. The quantitative estimate of drug-likeness (QED) is 0.497. The third-order valence-corrected chi connectivity index (χ3v) is 3.93. The van der Waals surface area contributed by atoms with E-state index in [0.717, 1.165) is 17.8 Å². The SMILES string of the molecule is C[C@@H]1CCC[C@H]2CCCCC21. The molecule has 1 unspecified atom stereocenters. The Morgan fingerprint density at radius 1 is 0.818 bits per heavy atom. The summed E-state index contributed by atoms with van der Waals surface area (Å²) in [6, 6.07) is 0. The molecule has 2 aliphatic carbocycles. The van der Waals surface area contributed by atoms with Crippen molar-refractivity contribution in [1.82, 2.24) is 0 Å². The van der Waals surface area contributed by atoms with Crippen molar-refractivity contribution in [2.45, 2.75) is 51.9 Å². The molecule has 0 nitrogen and oxygen atoms in total. The van der Waals surface area contributed by atoms with Gasteiger partial charge in [-0.15, -0.1) is 0 Å². The molecule has 0 radical (unpaired) electrons. The van der Waals surface area contributed by atoms with E-state index in [4.69, 9.17) is 0 Å². The van der Waals surface area contributed by atoms with Crippen LogP contribution in [0.1, 0.15) is 51.9 Å². The summed E-state index contributed by atoms with van der Waals surface area (Å²) >= 11 is 0. The smallest absolute Gasteiger partial charge is 0.0360 e. The van der Waals surface area contributed by atoms with Crippen LogP contribution < -0.4 is 0 Å². The van der Waals surface area contributed by atoms with Crippen LogP contribution in [0, 0.1) is 17.8 Å². The minimum absolute atomic E-state index is 1.05. The van der Waals surface area contributed by atoms with Crippen molar-refractivity contribution in [2.75, 3.05) is 0 Å². The zero-order valence-electron chi connectivity index (χ0n) is 7.68. The van der Waals surface area contributed by atoms with Crippen LogP contribution in [-0.2, 0) is 0 Å². The van der Waals surface area contributed by atoms with E-state index in [1.54, 1.807) is 19.3 Å². The fourth-order valence-electron chi connectivity index (χ4n) is 3.26. The lowest BCUT2D eigenvalue weighted by Crippen LogP contribution is -2.29. The molecule has 2 rings (SSSR count). The summed E-state index contributed by atoms with van der Waals surface area (Å²) in [6.45, 7) is 2.47. The van der Waals surface area contributed by atoms with Crippen molar-refractivity contribution < 1.29 is 0 Å². The molecule has 2 saturated carbocycles. The highest BCUT2D eigenvalue weighted by atomic mass is 14.4. The Hall–Kier alpha value is 0. The lowest BCUT2D eigenvalue weighted by molar-refractivity contribution is 0.114. The second-order valence-corrected chi connectivity index (χ2v) is 4.62. The van der Waals surface area contributed by atoms with Crippen molar-refractivity contribution in [3.05, 3.63) is 0 Å². The van der Waals surface area contributed by atoms with Crippen LogP contribution in [0.2, 0.25) is 0 Å². The molecular weight excluding hydrogens is 132 g/mol. The highest BCUT2D eigenvalue weighted by Crippen LogP contribution is 2.43. The van der Waals surface area contributed by atoms with Gasteiger partial charge in [-0.3, -0.25) is 0 Å². The van der Waals surface area contributed by atoms with E-state index in [1.807, 2.05) is 0 Å². The molecule has 64 valence electrons. The largest absolute Gasteiger partial charge is 0.0622 e. The summed E-state index contributed by atoms with van der Waals surface area (Å²) in [6.07, 6.45) is 10.7. The molecule has 0 heteroatoms. The lowest BCUT2D eigenvalue weighted by atomic mass is 9.66. The van der Waals surface area contributed by atoms with Gasteiger partial charge in [-0.05, 0) is 24.2 Å². The standard InChI is InChI=1S/C11H20/c1-9-5-4-7-10-6-2-3-8-11(9)10/h9-11H,2-8H2,1H3/t9-,10-,11?/m1/s1. The van der Waals surface area contributed by atoms with Gasteiger partial charge in [-0.25, -0.2) is 0 Å². The Morgan fingerprint density at radius 3 is 2.36 bits per heavy atom. The third kappa shape index (κ3) is 1.45. The average molecular weight is 152 g/mol. The van der Waals surface area contributed by atoms with E-state index >= 15 is 0 Å². The Labute approximate surface area is 70.4 Å². The van der Waals surface area contributed by atoms with E-state index < -0.39 is 0 Å². The van der Waals surface area contributed by atoms with Crippen molar-refractivity contribution in [3.63, 3.8) is 0 Å². The molecule has 0 N–H and O–H groups in total. The Kier molecular flexibility index (Phi) is 2.20. The molecule has 0 heterocycles. The minimum atomic E-state index is 1.05. The van der Waals surface area contributed by atoms with Gasteiger partial charge in [0.1, 0.15) is 0 Å². The molecular formula is C11H20. The van der Waals surface area contributed by atoms with Gasteiger partial charge in [0.05, 0.1) is 0 Å². The van der Waals surface area contributed by atoms with Crippen LogP contribution in [-0.4, -0.2) is 0 Å². The lowest BCUT2D eigenvalue weighted by Gasteiger charge is -2.39. The van der Waals surface area contributed by atoms with Gasteiger partial charge >= 0.3 is 0 Å². The summed E-state index contributed by atoms with van der Waals surface area (Å²) in [7, 11) is 0. The maximum absolute atomic E-state index is 2.47. The van der Waals surface area contributed by atoms with Crippen molar-refractivity contribution in [2.24, 2.45) is 17.8 Å². The van der Waals surface area contributed by atoms with Crippen molar-refractivity contribution in [3.8, 4) is 0 Å². The van der Waals surface area contributed by atoms with Gasteiger partial charge in [0.15, 0.2) is 0 Å². The van der Waals surface area contributed by atoms with Gasteiger partial charge in [0, 0.05) is 0 Å². The molecule has 0 aliphatic heterocycles. The number of rotatable bonds is 0. The first kappa shape index (κ1) is 7.64. The third-order valence-electron chi connectivity index (χ3n) is 3.93. The molecule has 0 bridgehead atoms. The maximum Gasteiger partial charge on any atom is -0.0360 e. The summed E-state index contributed by atoms with van der Waals surface area (Å²) in [4.78, 5) is 0. The molecule has 0 aromatic heterocycles. The highest BCUT2D eigenvalue weighted by Gasteiger charge is 2.31. The number of hydrogen-bond donors (Lipinski definition) is 0. The Balaban J connectivity index is 1.99. The molecule has 0 amide bonds. The molecule has 0 aromatic rings. The monoisotopic (exact) mass is 152 g/mol.